The fraction of sp³-hybridized carbons (Fsp3) is 0.357. The van der Waals surface area contributed by atoms with Crippen molar-refractivity contribution in [2.24, 2.45) is 0 Å². The Bertz CT molecular complexity index is 821. The summed E-state index contributed by atoms with van der Waals surface area (Å²) in [5.74, 6) is 0.339. The Labute approximate surface area is 120 Å². The van der Waals surface area contributed by atoms with Gasteiger partial charge in [-0.05, 0) is 24.6 Å². The molecule has 0 radical (unpaired) electrons. The van der Waals surface area contributed by atoms with Crippen molar-refractivity contribution in [3.63, 3.8) is 0 Å². The van der Waals surface area contributed by atoms with E-state index in [0.29, 0.717) is 22.5 Å². The number of anilines is 1. The number of aromatic nitrogens is 4. The Balaban J connectivity index is 2.03. The summed E-state index contributed by atoms with van der Waals surface area (Å²) < 4.78 is 16.0. The molecular weight excluding hydrogens is 271 g/mol. The predicted octanol–water partition coefficient (Wildman–Crippen LogP) is 1.13. The fourth-order valence-electron chi connectivity index (χ4n) is 2.81. The number of rotatable bonds is 1. The molecule has 0 bridgehead atoms. The van der Waals surface area contributed by atoms with E-state index >= 15 is 0 Å². The third-order valence-electron chi connectivity index (χ3n) is 3.80. The van der Waals surface area contributed by atoms with Crippen LogP contribution in [0.25, 0.3) is 16.6 Å². The molecule has 2 aromatic heterocycles. The largest absolute Gasteiger partial charge is 0.338 e. The van der Waals surface area contributed by atoms with E-state index in [2.05, 4.69) is 25.3 Å². The van der Waals surface area contributed by atoms with Crippen LogP contribution in [0, 0.1) is 12.7 Å². The second-order valence-electron chi connectivity index (χ2n) is 5.29. The average molecular weight is 286 g/mol. The predicted molar refractivity (Wildman–Crippen MR) is 78.1 cm³/mol. The number of hydrogen-bond acceptors (Lipinski definition) is 5. The number of piperazine rings is 1. The van der Waals surface area contributed by atoms with Crippen LogP contribution in [0.5, 0.6) is 0 Å². The van der Waals surface area contributed by atoms with Crippen molar-refractivity contribution in [1.82, 2.24) is 24.9 Å². The number of fused-ring (bicyclic) bond motifs is 3. The summed E-state index contributed by atoms with van der Waals surface area (Å²) in [4.78, 5) is 10.9. The summed E-state index contributed by atoms with van der Waals surface area (Å²) in [5.41, 5.74) is 1.85. The van der Waals surface area contributed by atoms with E-state index < -0.39 is 0 Å². The molecule has 1 aliphatic rings. The van der Waals surface area contributed by atoms with Gasteiger partial charge in [-0.15, -0.1) is 0 Å². The molecule has 6 nitrogen and oxygen atoms in total. The first-order valence-corrected chi connectivity index (χ1v) is 6.99. The molecule has 0 unspecified atom stereocenters. The zero-order valence-corrected chi connectivity index (χ0v) is 11.7. The molecule has 4 rings (SSSR count). The van der Waals surface area contributed by atoms with Crippen LogP contribution >= 0.6 is 0 Å². The third kappa shape index (κ3) is 1.92. The van der Waals surface area contributed by atoms with E-state index in [1.54, 1.807) is 4.52 Å². The Morgan fingerprint density at radius 2 is 2.05 bits per heavy atom. The molecule has 0 aliphatic carbocycles. The minimum Gasteiger partial charge on any atom is -0.338 e. The highest BCUT2D eigenvalue weighted by Crippen LogP contribution is 2.25. The van der Waals surface area contributed by atoms with Gasteiger partial charge in [0.1, 0.15) is 17.7 Å². The molecule has 3 aromatic rings. The van der Waals surface area contributed by atoms with E-state index in [4.69, 9.17) is 0 Å². The number of nitrogens with one attached hydrogen (secondary N) is 1. The van der Waals surface area contributed by atoms with Gasteiger partial charge in [-0.2, -0.15) is 9.61 Å². The Hall–Kier alpha value is -2.28. The van der Waals surface area contributed by atoms with Crippen LogP contribution in [0.15, 0.2) is 18.5 Å². The van der Waals surface area contributed by atoms with E-state index in [1.807, 2.05) is 13.0 Å². The normalized spacial score (nSPS) is 16.0. The molecular formula is C14H15FN6. The lowest BCUT2D eigenvalue weighted by molar-refractivity contribution is 0.574. The molecule has 1 fully saturated rings. The highest BCUT2D eigenvalue weighted by atomic mass is 19.1. The van der Waals surface area contributed by atoms with Gasteiger partial charge in [0, 0.05) is 31.6 Å². The maximum atomic E-state index is 14.3. The molecule has 1 N–H and O–H groups in total. The van der Waals surface area contributed by atoms with Gasteiger partial charge in [0.15, 0.2) is 5.65 Å². The van der Waals surface area contributed by atoms with E-state index in [0.717, 1.165) is 31.7 Å². The van der Waals surface area contributed by atoms with Gasteiger partial charge in [-0.1, -0.05) is 0 Å². The molecule has 1 aliphatic heterocycles. The topological polar surface area (TPSA) is 58.4 Å². The Kier molecular flexibility index (Phi) is 2.75. The van der Waals surface area contributed by atoms with E-state index in [-0.39, 0.29) is 5.82 Å². The zero-order chi connectivity index (χ0) is 14.4. The number of benzene rings is 1. The summed E-state index contributed by atoms with van der Waals surface area (Å²) in [6.07, 6.45) is 1.49. The molecule has 21 heavy (non-hydrogen) atoms. The minimum atomic E-state index is -0.313. The maximum absolute atomic E-state index is 14.3. The van der Waals surface area contributed by atoms with Crippen LogP contribution in [0.1, 0.15) is 5.56 Å². The Morgan fingerprint density at radius 3 is 2.86 bits per heavy atom. The standard InChI is InChI=1S/C14H15FN6/c1-9-6-10-12(11(15)7-9)19-14(20-4-2-16-3-5-20)21-13(10)17-8-18-21/h6-8,16H,2-5H2,1H3. The Morgan fingerprint density at radius 1 is 1.24 bits per heavy atom. The highest BCUT2D eigenvalue weighted by molar-refractivity contribution is 5.93. The van der Waals surface area contributed by atoms with Crippen LogP contribution in [0.2, 0.25) is 0 Å². The maximum Gasteiger partial charge on any atom is 0.229 e. The number of halogens is 1. The smallest absolute Gasteiger partial charge is 0.229 e. The molecule has 108 valence electrons. The van der Waals surface area contributed by atoms with Crippen LogP contribution in [0.3, 0.4) is 0 Å². The van der Waals surface area contributed by atoms with Gasteiger partial charge in [-0.3, -0.25) is 0 Å². The van der Waals surface area contributed by atoms with Crippen molar-refractivity contribution in [2.45, 2.75) is 6.92 Å². The number of hydrogen-bond donors (Lipinski definition) is 1. The second kappa shape index (κ2) is 4.63. The molecule has 0 amide bonds. The second-order valence-corrected chi connectivity index (χ2v) is 5.29. The molecule has 0 atom stereocenters. The van der Waals surface area contributed by atoms with Crippen molar-refractivity contribution >= 4 is 22.5 Å². The minimum absolute atomic E-state index is 0.313. The van der Waals surface area contributed by atoms with Gasteiger partial charge < -0.3 is 10.2 Å². The van der Waals surface area contributed by atoms with Gasteiger partial charge in [0.05, 0.1) is 0 Å². The molecule has 1 saturated heterocycles. The lowest BCUT2D eigenvalue weighted by Crippen LogP contribution is -2.44. The third-order valence-corrected chi connectivity index (χ3v) is 3.80. The molecule has 0 spiro atoms. The van der Waals surface area contributed by atoms with Crippen molar-refractivity contribution in [3.05, 3.63) is 29.8 Å². The van der Waals surface area contributed by atoms with Gasteiger partial charge in [0.25, 0.3) is 0 Å². The van der Waals surface area contributed by atoms with Crippen molar-refractivity contribution in [2.75, 3.05) is 31.1 Å². The monoisotopic (exact) mass is 286 g/mol. The fourth-order valence-corrected chi connectivity index (χ4v) is 2.81. The molecule has 7 heteroatoms. The SMILES string of the molecule is Cc1cc(F)c2nc(N3CCNCC3)n3ncnc3c2c1. The van der Waals surface area contributed by atoms with Crippen molar-refractivity contribution < 1.29 is 4.39 Å². The van der Waals surface area contributed by atoms with Crippen LogP contribution < -0.4 is 10.2 Å². The highest BCUT2D eigenvalue weighted by Gasteiger charge is 2.19. The van der Waals surface area contributed by atoms with Crippen LogP contribution in [-0.2, 0) is 0 Å². The zero-order valence-electron chi connectivity index (χ0n) is 11.7. The first-order valence-electron chi connectivity index (χ1n) is 6.99. The van der Waals surface area contributed by atoms with Gasteiger partial charge in [-0.25, -0.2) is 14.4 Å². The summed E-state index contributed by atoms with van der Waals surface area (Å²) >= 11 is 0. The van der Waals surface area contributed by atoms with Gasteiger partial charge in [0.2, 0.25) is 5.95 Å². The average Bonchev–Trinajstić information content (AvgIpc) is 2.97. The quantitative estimate of drug-likeness (QED) is 0.727. The first kappa shape index (κ1) is 12.5. The van der Waals surface area contributed by atoms with Crippen LogP contribution in [-0.4, -0.2) is 45.8 Å². The first-order chi connectivity index (χ1) is 10.2. The van der Waals surface area contributed by atoms with Gasteiger partial charge >= 0.3 is 0 Å². The number of aryl methyl sites for hydroxylation is 1. The van der Waals surface area contributed by atoms with Crippen molar-refractivity contribution in [3.8, 4) is 0 Å². The lowest BCUT2D eigenvalue weighted by Gasteiger charge is -2.28. The van der Waals surface area contributed by atoms with Crippen LogP contribution in [0.4, 0.5) is 10.3 Å². The van der Waals surface area contributed by atoms with E-state index in [9.17, 15) is 4.39 Å². The lowest BCUT2D eigenvalue weighted by atomic mass is 10.1. The molecule has 0 saturated carbocycles. The van der Waals surface area contributed by atoms with E-state index in [1.165, 1.54) is 12.4 Å². The summed E-state index contributed by atoms with van der Waals surface area (Å²) in [6, 6.07) is 3.40. The summed E-state index contributed by atoms with van der Waals surface area (Å²) in [6.45, 7) is 5.26. The molecule has 3 heterocycles. The number of nitrogens with zero attached hydrogens (tertiary/aromatic N) is 5. The molecule has 1 aromatic carbocycles. The summed E-state index contributed by atoms with van der Waals surface area (Å²) in [7, 11) is 0. The van der Waals surface area contributed by atoms with Crippen molar-refractivity contribution in [1.29, 1.82) is 0 Å². The summed E-state index contributed by atoms with van der Waals surface area (Å²) in [5, 5.41) is 8.25.